The minimum absolute atomic E-state index is 0.558. The van der Waals surface area contributed by atoms with Crippen molar-refractivity contribution in [2.45, 2.75) is 0 Å². The zero-order valence-corrected chi connectivity index (χ0v) is 18.1. The van der Waals surface area contributed by atoms with Crippen molar-refractivity contribution >= 4 is 0 Å². The summed E-state index contributed by atoms with van der Waals surface area (Å²) in [6.07, 6.45) is 6.68. The van der Waals surface area contributed by atoms with Crippen LogP contribution in [-0.2, 0) is 0 Å². The lowest BCUT2D eigenvalue weighted by molar-refractivity contribution is 1.47. The van der Waals surface area contributed by atoms with E-state index < -0.39 is 0 Å². The number of hydrogen-bond donors (Lipinski definition) is 0. The van der Waals surface area contributed by atoms with Crippen LogP contribution in [0.1, 0.15) is 33.4 Å². The van der Waals surface area contributed by atoms with E-state index in [0.29, 0.717) is 22.3 Å². The van der Waals surface area contributed by atoms with Crippen molar-refractivity contribution < 1.29 is 0 Å². The molecule has 0 unspecified atom stereocenters. The molecule has 0 aliphatic rings. The second-order valence-electron chi connectivity index (χ2n) is 6.64. The first-order chi connectivity index (χ1) is 16.8. The molecule has 0 fully saturated rings. The fourth-order valence-electron chi connectivity index (χ4n) is 2.67. The molecule has 3 aromatic carbocycles. The van der Waals surface area contributed by atoms with Crippen molar-refractivity contribution in [2.75, 3.05) is 0 Å². The highest BCUT2D eigenvalue weighted by Gasteiger charge is 1.95. The van der Waals surface area contributed by atoms with E-state index in [0.717, 1.165) is 11.1 Å². The molecule has 0 spiro atoms. The van der Waals surface area contributed by atoms with Gasteiger partial charge in [0, 0.05) is 22.3 Å². The Morgan fingerprint density at radius 1 is 0.412 bits per heavy atom. The Morgan fingerprint density at radius 2 is 0.735 bits per heavy atom. The van der Waals surface area contributed by atoms with E-state index in [1.165, 1.54) is 0 Å². The standard InChI is InChI=1S/C32H16N2/c33-25-31-19-11-9-17-29(31)15-7-3-1-5-13-27-21-23-28(24-22-27)14-6-2-4-8-16-30-18-10-12-20-32(30)26-34/h1-4,9-12,17-24H/b3-1-,4-2-. The van der Waals surface area contributed by atoms with Gasteiger partial charge >= 0.3 is 0 Å². The topological polar surface area (TPSA) is 47.6 Å². The van der Waals surface area contributed by atoms with Crippen LogP contribution >= 0.6 is 0 Å². The number of nitriles is 2. The van der Waals surface area contributed by atoms with Crippen molar-refractivity contribution in [2.24, 2.45) is 0 Å². The molecule has 2 heteroatoms. The summed E-state index contributed by atoms with van der Waals surface area (Å²) in [6, 6.07) is 26.3. The maximum Gasteiger partial charge on any atom is 0.100 e. The predicted octanol–water partition coefficient (Wildman–Crippen LogP) is 5.35. The van der Waals surface area contributed by atoms with Crippen molar-refractivity contribution in [1.82, 2.24) is 0 Å². The van der Waals surface area contributed by atoms with Crippen molar-refractivity contribution in [3.05, 3.63) is 130 Å². The number of hydrogen-bond acceptors (Lipinski definition) is 2. The van der Waals surface area contributed by atoms with Crippen LogP contribution in [0.5, 0.6) is 0 Å². The minimum atomic E-state index is 0.558. The van der Waals surface area contributed by atoms with Gasteiger partial charge in [-0.3, -0.25) is 0 Å². The summed E-state index contributed by atoms with van der Waals surface area (Å²) in [4.78, 5) is 0. The second-order valence-corrected chi connectivity index (χ2v) is 6.64. The zero-order valence-electron chi connectivity index (χ0n) is 18.1. The Hall–Kier alpha value is -5.64. The Kier molecular flexibility index (Phi) is 8.75. The summed E-state index contributed by atoms with van der Waals surface area (Å²) < 4.78 is 0. The highest BCUT2D eigenvalue weighted by Crippen LogP contribution is 2.06. The van der Waals surface area contributed by atoms with E-state index in [-0.39, 0.29) is 0 Å². The number of nitrogens with zero attached hydrogens (tertiary/aromatic N) is 2. The normalized spacial score (nSPS) is 9.12. The third kappa shape index (κ3) is 7.25. The van der Waals surface area contributed by atoms with Gasteiger partial charge in [-0.1, -0.05) is 71.6 Å². The first kappa shape index (κ1) is 23.0. The van der Waals surface area contributed by atoms with Gasteiger partial charge in [-0.2, -0.15) is 10.5 Å². The Labute approximate surface area is 200 Å². The molecule has 0 saturated carbocycles. The number of allylic oxidation sites excluding steroid dienone is 4. The van der Waals surface area contributed by atoms with Gasteiger partial charge in [0.25, 0.3) is 0 Å². The van der Waals surface area contributed by atoms with E-state index in [2.05, 4.69) is 59.5 Å². The van der Waals surface area contributed by atoms with Crippen LogP contribution in [0, 0.1) is 70.0 Å². The molecule has 0 saturated heterocycles. The van der Waals surface area contributed by atoms with Crippen LogP contribution in [0.2, 0.25) is 0 Å². The third-order valence-corrected chi connectivity index (χ3v) is 4.33. The zero-order chi connectivity index (χ0) is 23.8. The van der Waals surface area contributed by atoms with E-state index in [1.807, 2.05) is 60.7 Å². The molecular weight excluding hydrogens is 412 g/mol. The van der Waals surface area contributed by atoms with Crippen molar-refractivity contribution in [3.63, 3.8) is 0 Å². The van der Waals surface area contributed by atoms with Crippen LogP contribution < -0.4 is 0 Å². The van der Waals surface area contributed by atoms with Crippen LogP contribution in [0.3, 0.4) is 0 Å². The summed E-state index contributed by atoms with van der Waals surface area (Å²) >= 11 is 0. The lowest BCUT2D eigenvalue weighted by Gasteiger charge is -1.91. The summed E-state index contributed by atoms with van der Waals surface area (Å²) in [6.45, 7) is 0. The molecule has 0 amide bonds. The van der Waals surface area contributed by atoms with E-state index in [9.17, 15) is 0 Å². The highest BCUT2D eigenvalue weighted by molar-refractivity contribution is 5.50. The predicted molar refractivity (Wildman–Crippen MR) is 135 cm³/mol. The average molecular weight is 428 g/mol. The summed E-state index contributed by atoms with van der Waals surface area (Å²) in [5, 5.41) is 18.1. The van der Waals surface area contributed by atoms with Gasteiger partial charge in [0.2, 0.25) is 0 Å². The molecule has 0 N–H and O–H groups in total. The molecule has 2 nitrogen and oxygen atoms in total. The monoisotopic (exact) mass is 428 g/mol. The van der Waals surface area contributed by atoms with E-state index in [4.69, 9.17) is 10.5 Å². The molecule has 0 radical (unpaired) electrons. The Morgan fingerprint density at radius 3 is 1.09 bits per heavy atom. The summed E-state index contributed by atoms with van der Waals surface area (Å²) in [5.74, 6) is 23.6. The van der Waals surface area contributed by atoms with Gasteiger partial charge < -0.3 is 0 Å². The molecule has 0 atom stereocenters. The maximum absolute atomic E-state index is 9.06. The van der Waals surface area contributed by atoms with Gasteiger partial charge in [0.1, 0.15) is 12.1 Å². The quantitative estimate of drug-likeness (QED) is 0.453. The molecule has 0 aliphatic heterocycles. The summed E-state index contributed by atoms with van der Waals surface area (Å²) in [7, 11) is 0. The molecular formula is C32H16N2. The number of benzene rings is 3. The molecule has 0 aliphatic carbocycles. The fourth-order valence-corrected chi connectivity index (χ4v) is 2.67. The third-order valence-electron chi connectivity index (χ3n) is 4.33. The SMILES string of the molecule is N#Cc1ccccc1C#C/C=C\C#Cc1ccc(C#C/C=C\C#Cc2ccccc2C#N)cc1. The van der Waals surface area contributed by atoms with Crippen LogP contribution in [-0.4, -0.2) is 0 Å². The van der Waals surface area contributed by atoms with Gasteiger partial charge in [-0.15, -0.1) is 0 Å². The van der Waals surface area contributed by atoms with Crippen molar-refractivity contribution in [3.8, 4) is 59.5 Å². The van der Waals surface area contributed by atoms with Crippen molar-refractivity contribution in [1.29, 1.82) is 10.5 Å². The Balaban J connectivity index is 1.54. The fraction of sp³-hybridized carbons (Fsp3) is 0. The molecule has 34 heavy (non-hydrogen) atoms. The molecule has 154 valence electrons. The van der Waals surface area contributed by atoms with E-state index in [1.54, 1.807) is 36.4 Å². The largest absolute Gasteiger partial charge is 0.192 e. The first-order valence-corrected chi connectivity index (χ1v) is 10.2. The Bertz CT molecular complexity index is 1450. The van der Waals surface area contributed by atoms with Gasteiger partial charge in [0.05, 0.1) is 11.1 Å². The second kappa shape index (κ2) is 12.9. The molecule has 0 heterocycles. The first-order valence-electron chi connectivity index (χ1n) is 10.2. The van der Waals surface area contributed by atoms with Crippen LogP contribution in [0.25, 0.3) is 0 Å². The van der Waals surface area contributed by atoms with Crippen LogP contribution in [0.15, 0.2) is 97.1 Å². The lowest BCUT2D eigenvalue weighted by Crippen LogP contribution is -1.80. The highest BCUT2D eigenvalue weighted by atomic mass is 14.2. The average Bonchev–Trinajstić information content (AvgIpc) is 2.89. The molecule has 0 aromatic heterocycles. The maximum atomic E-state index is 9.06. The van der Waals surface area contributed by atoms with Crippen LogP contribution in [0.4, 0.5) is 0 Å². The minimum Gasteiger partial charge on any atom is -0.192 e. The van der Waals surface area contributed by atoms with Gasteiger partial charge in [-0.25, -0.2) is 0 Å². The number of rotatable bonds is 0. The smallest absolute Gasteiger partial charge is 0.100 e. The molecule has 3 aromatic rings. The van der Waals surface area contributed by atoms with Gasteiger partial charge in [-0.05, 0) is 72.8 Å². The van der Waals surface area contributed by atoms with Gasteiger partial charge in [0.15, 0.2) is 0 Å². The lowest BCUT2D eigenvalue weighted by atomic mass is 10.1. The molecule has 3 rings (SSSR count). The van der Waals surface area contributed by atoms with E-state index >= 15 is 0 Å². The molecule has 0 bridgehead atoms. The summed E-state index contributed by atoms with van der Waals surface area (Å²) in [5.41, 5.74) is 4.26.